The Morgan fingerprint density at radius 2 is 2.19 bits per heavy atom. The van der Waals surface area contributed by atoms with Crippen LogP contribution < -0.4 is 5.32 Å². The normalized spacial score (nSPS) is 10.6. The van der Waals surface area contributed by atoms with Gasteiger partial charge in [0.05, 0.1) is 5.69 Å². The number of carbonyl (C=O) groups is 1. The number of carbonyl (C=O) groups excluding carboxylic acids is 1. The predicted molar refractivity (Wildman–Crippen MR) is 65.4 cm³/mol. The van der Waals surface area contributed by atoms with E-state index in [0.717, 1.165) is 12.8 Å². The lowest BCUT2D eigenvalue weighted by molar-refractivity contribution is -0.114. The summed E-state index contributed by atoms with van der Waals surface area (Å²) >= 11 is 0. The Morgan fingerprint density at radius 3 is 2.88 bits per heavy atom. The number of phenolic OH excluding ortho intramolecular Hbond substituents is 1. The summed E-state index contributed by atoms with van der Waals surface area (Å²) in [6.45, 7) is 2.05. The van der Waals surface area contributed by atoms with Gasteiger partial charge in [-0.05, 0) is 24.6 Å². The molecule has 0 aromatic heterocycles. The van der Waals surface area contributed by atoms with Gasteiger partial charge in [-0.15, -0.1) is 0 Å². The molecule has 86 valence electrons. The molecule has 2 N–H and O–H groups in total. The van der Waals surface area contributed by atoms with Gasteiger partial charge in [-0.2, -0.15) is 0 Å². The molecule has 0 amide bonds. The quantitative estimate of drug-likeness (QED) is 0.571. The summed E-state index contributed by atoms with van der Waals surface area (Å²) in [4.78, 5) is 11.3. The zero-order chi connectivity index (χ0) is 11.8. The van der Waals surface area contributed by atoms with Crippen molar-refractivity contribution in [2.24, 2.45) is 0 Å². The maximum atomic E-state index is 11.3. The van der Waals surface area contributed by atoms with Crippen LogP contribution in [0.25, 0.3) is 0 Å². The topological polar surface area (TPSA) is 49.3 Å². The number of rotatable bonds is 6. The van der Waals surface area contributed by atoms with Crippen LogP contribution >= 0.6 is 0 Å². The van der Waals surface area contributed by atoms with Crippen molar-refractivity contribution < 1.29 is 9.90 Å². The van der Waals surface area contributed by atoms with Gasteiger partial charge in [0.2, 0.25) is 0 Å². The molecule has 1 rings (SSSR count). The molecule has 1 aromatic carbocycles. The Hall–Kier alpha value is -1.77. The van der Waals surface area contributed by atoms with Gasteiger partial charge in [-0.25, -0.2) is 0 Å². The molecule has 16 heavy (non-hydrogen) atoms. The molecule has 0 heterocycles. The van der Waals surface area contributed by atoms with Gasteiger partial charge >= 0.3 is 0 Å². The van der Waals surface area contributed by atoms with Crippen LogP contribution in [0.1, 0.15) is 26.2 Å². The minimum Gasteiger partial charge on any atom is -0.506 e. The molecule has 0 atom stereocenters. The molecule has 3 heteroatoms. The Labute approximate surface area is 95.8 Å². The van der Waals surface area contributed by atoms with Crippen molar-refractivity contribution in [2.75, 3.05) is 5.32 Å². The number of aromatic hydroxyl groups is 1. The second kappa shape index (κ2) is 6.67. The van der Waals surface area contributed by atoms with Gasteiger partial charge in [0, 0.05) is 12.6 Å². The Bertz CT molecular complexity index is 372. The average Bonchev–Trinajstić information content (AvgIpc) is 2.29. The maximum Gasteiger partial charge on any atom is 0.157 e. The van der Waals surface area contributed by atoms with E-state index < -0.39 is 0 Å². The van der Waals surface area contributed by atoms with Crippen molar-refractivity contribution in [3.05, 3.63) is 36.5 Å². The van der Waals surface area contributed by atoms with Crippen LogP contribution in [-0.2, 0) is 4.79 Å². The number of nitrogens with one attached hydrogen (secondary N) is 1. The summed E-state index contributed by atoms with van der Waals surface area (Å²) in [7, 11) is 0. The molecule has 0 aliphatic heterocycles. The Kier molecular flexibility index (Phi) is 5.12. The van der Waals surface area contributed by atoms with Crippen molar-refractivity contribution in [3.8, 4) is 5.75 Å². The maximum absolute atomic E-state index is 11.3. The third-order valence-corrected chi connectivity index (χ3v) is 2.19. The van der Waals surface area contributed by atoms with Gasteiger partial charge in [-0.1, -0.05) is 25.5 Å². The molecule has 0 saturated carbocycles. The number of unbranched alkanes of at least 4 members (excludes halogenated alkanes) is 1. The first-order valence-electron chi connectivity index (χ1n) is 5.48. The van der Waals surface area contributed by atoms with Crippen LogP contribution in [-0.4, -0.2) is 10.9 Å². The minimum atomic E-state index is 0.102. The average molecular weight is 219 g/mol. The number of hydrogen-bond acceptors (Lipinski definition) is 3. The fraction of sp³-hybridized carbons (Fsp3) is 0.308. The molecule has 0 unspecified atom stereocenters. The molecule has 0 bridgehead atoms. The van der Waals surface area contributed by atoms with Crippen molar-refractivity contribution in [1.82, 2.24) is 0 Å². The van der Waals surface area contributed by atoms with E-state index in [1.807, 2.05) is 6.07 Å². The zero-order valence-corrected chi connectivity index (χ0v) is 9.44. The van der Waals surface area contributed by atoms with E-state index in [4.69, 9.17) is 0 Å². The minimum absolute atomic E-state index is 0.102. The van der Waals surface area contributed by atoms with E-state index in [1.54, 1.807) is 24.4 Å². The molecule has 1 aromatic rings. The number of hydrogen-bond donors (Lipinski definition) is 2. The number of anilines is 1. The van der Waals surface area contributed by atoms with Crippen molar-refractivity contribution >= 4 is 11.5 Å². The number of para-hydroxylation sites is 2. The van der Waals surface area contributed by atoms with Gasteiger partial charge in [0.15, 0.2) is 5.78 Å². The zero-order valence-electron chi connectivity index (χ0n) is 9.44. The van der Waals surface area contributed by atoms with Crippen molar-refractivity contribution in [2.45, 2.75) is 26.2 Å². The van der Waals surface area contributed by atoms with Crippen LogP contribution in [0.4, 0.5) is 5.69 Å². The van der Waals surface area contributed by atoms with Gasteiger partial charge in [-0.3, -0.25) is 4.79 Å². The largest absolute Gasteiger partial charge is 0.506 e. The molecule has 3 nitrogen and oxygen atoms in total. The fourth-order valence-electron chi connectivity index (χ4n) is 1.25. The van der Waals surface area contributed by atoms with Gasteiger partial charge in [0.1, 0.15) is 5.75 Å². The molecule has 0 saturated heterocycles. The number of ketones is 1. The summed E-state index contributed by atoms with van der Waals surface area (Å²) in [5.74, 6) is 0.276. The second-order valence-electron chi connectivity index (χ2n) is 3.56. The highest BCUT2D eigenvalue weighted by atomic mass is 16.3. The fourth-order valence-corrected chi connectivity index (χ4v) is 1.25. The highest BCUT2D eigenvalue weighted by Crippen LogP contribution is 2.21. The molecule has 0 aliphatic rings. The van der Waals surface area contributed by atoms with E-state index in [9.17, 15) is 9.90 Å². The van der Waals surface area contributed by atoms with Crippen LogP contribution in [0.15, 0.2) is 36.5 Å². The molecular formula is C13H17NO2. The monoisotopic (exact) mass is 219 g/mol. The number of benzene rings is 1. The van der Waals surface area contributed by atoms with E-state index in [2.05, 4.69) is 12.2 Å². The summed E-state index contributed by atoms with van der Waals surface area (Å²) in [6, 6.07) is 6.90. The van der Waals surface area contributed by atoms with Gasteiger partial charge in [0.25, 0.3) is 0 Å². The molecular weight excluding hydrogens is 202 g/mol. The lowest BCUT2D eigenvalue weighted by Crippen LogP contribution is -1.94. The third kappa shape index (κ3) is 4.17. The van der Waals surface area contributed by atoms with Crippen LogP contribution in [0.5, 0.6) is 5.75 Å². The SMILES string of the molecule is CCCCC(=O)/C=C/Nc1ccccc1O. The van der Waals surface area contributed by atoms with Crippen molar-refractivity contribution in [3.63, 3.8) is 0 Å². The standard InChI is InChI=1S/C13H17NO2/c1-2-3-6-11(15)9-10-14-12-7-4-5-8-13(12)16/h4-5,7-10,14,16H,2-3,6H2,1H3/b10-9+. The Morgan fingerprint density at radius 1 is 1.44 bits per heavy atom. The van der Waals surface area contributed by atoms with E-state index >= 15 is 0 Å². The summed E-state index contributed by atoms with van der Waals surface area (Å²) in [6.07, 6.45) is 5.58. The first-order chi connectivity index (χ1) is 7.74. The number of phenols is 1. The van der Waals surface area contributed by atoms with Crippen LogP contribution in [0, 0.1) is 0 Å². The summed E-state index contributed by atoms with van der Waals surface area (Å²) < 4.78 is 0. The third-order valence-electron chi connectivity index (χ3n) is 2.19. The van der Waals surface area contributed by atoms with E-state index in [0.29, 0.717) is 12.1 Å². The van der Waals surface area contributed by atoms with E-state index in [1.165, 1.54) is 6.08 Å². The Balaban J connectivity index is 2.42. The van der Waals surface area contributed by atoms with Crippen LogP contribution in [0.2, 0.25) is 0 Å². The predicted octanol–water partition coefficient (Wildman–Crippen LogP) is 3.08. The second-order valence-corrected chi connectivity index (χ2v) is 3.56. The lowest BCUT2D eigenvalue weighted by atomic mass is 10.2. The smallest absolute Gasteiger partial charge is 0.157 e. The first-order valence-corrected chi connectivity index (χ1v) is 5.48. The van der Waals surface area contributed by atoms with Gasteiger partial charge < -0.3 is 10.4 Å². The highest BCUT2D eigenvalue weighted by molar-refractivity contribution is 5.89. The van der Waals surface area contributed by atoms with E-state index in [-0.39, 0.29) is 11.5 Å². The van der Waals surface area contributed by atoms with Crippen LogP contribution in [0.3, 0.4) is 0 Å². The highest BCUT2D eigenvalue weighted by Gasteiger charge is 1.97. The summed E-state index contributed by atoms with van der Waals surface area (Å²) in [5, 5.41) is 12.3. The molecule has 0 fully saturated rings. The molecule has 0 spiro atoms. The first kappa shape index (κ1) is 12.3. The number of allylic oxidation sites excluding steroid dienone is 1. The molecule has 0 aliphatic carbocycles. The lowest BCUT2D eigenvalue weighted by Gasteiger charge is -2.02. The summed E-state index contributed by atoms with van der Waals surface area (Å²) in [5.41, 5.74) is 0.599. The van der Waals surface area contributed by atoms with Crippen molar-refractivity contribution in [1.29, 1.82) is 0 Å². The molecule has 0 radical (unpaired) electrons.